The average molecular weight is 384 g/mol. The van der Waals surface area contributed by atoms with Crippen molar-refractivity contribution in [2.45, 2.75) is 0 Å². The van der Waals surface area contributed by atoms with E-state index in [9.17, 15) is 4.79 Å². The third-order valence-corrected chi connectivity index (χ3v) is 3.19. The molecular weight excluding hydrogens is 371 g/mol. The van der Waals surface area contributed by atoms with E-state index in [0.29, 0.717) is 12.4 Å². The third-order valence-electron chi connectivity index (χ3n) is 2.52. The lowest BCUT2D eigenvalue weighted by Gasteiger charge is -2.10. The Kier molecular flexibility index (Phi) is 5.23. The van der Waals surface area contributed by atoms with Gasteiger partial charge in [-0.15, -0.1) is 0 Å². The van der Waals surface area contributed by atoms with Crippen LogP contribution in [0.25, 0.3) is 0 Å². The Balaban J connectivity index is 1.86. The monoisotopic (exact) mass is 384 g/mol. The highest BCUT2D eigenvalue weighted by molar-refractivity contribution is 14.1. The van der Waals surface area contributed by atoms with Gasteiger partial charge in [-0.2, -0.15) is 0 Å². The molecule has 0 saturated carbocycles. The summed E-state index contributed by atoms with van der Waals surface area (Å²) in [5, 5.41) is 9.02. The molecule has 0 fully saturated rings. The summed E-state index contributed by atoms with van der Waals surface area (Å²) in [5.41, 5.74) is 0.154. The molecule has 0 aromatic heterocycles. The quantitative estimate of drug-likeness (QED) is 0.613. The number of ether oxygens (including phenoxy) is 2. The zero-order valence-corrected chi connectivity index (χ0v) is 12.7. The number of para-hydroxylation sites is 1. The number of carbonyl (C=O) groups is 1. The minimum Gasteiger partial charge on any atom is -0.490 e. The van der Waals surface area contributed by atoms with Crippen LogP contribution in [0.5, 0.6) is 11.5 Å². The van der Waals surface area contributed by atoms with E-state index in [4.69, 9.17) is 14.6 Å². The SMILES string of the molecule is O=C(O)c1ccccc1OCCOc1cccc(I)c1. The Morgan fingerprint density at radius 1 is 1.05 bits per heavy atom. The first-order valence-electron chi connectivity index (χ1n) is 6.00. The zero-order valence-electron chi connectivity index (χ0n) is 10.6. The van der Waals surface area contributed by atoms with Gasteiger partial charge in [0.05, 0.1) is 0 Å². The lowest BCUT2D eigenvalue weighted by Crippen LogP contribution is -2.11. The van der Waals surface area contributed by atoms with Gasteiger partial charge in [-0.3, -0.25) is 0 Å². The van der Waals surface area contributed by atoms with E-state index < -0.39 is 5.97 Å². The first kappa shape index (κ1) is 14.6. The fourth-order valence-electron chi connectivity index (χ4n) is 1.64. The molecule has 0 unspecified atom stereocenters. The van der Waals surface area contributed by atoms with Crippen LogP contribution in [-0.2, 0) is 0 Å². The number of carboxylic acid groups (broad SMARTS) is 1. The maximum atomic E-state index is 11.0. The van der Waals surface area contributed by atoms with E-state index in [1.165, 1.54) is 6.07 Å². The van der Waals surface area contributed by atoms with Gasteiger partial charge in [0.25, 0.3) is 0 Å². The second kappa shape index (κ2) is 7.14. The fraction of sp³-hybridized carbons (Fsp3) is 0.133. The smallest absolute Gasteiger partial charge is 0.339 e. The molecule has 4 nitrogen and oxygen atoms in total. The molecule has 20 heavy (non-hydrogen) atoms. The van der Waals surface area contributed by atoms with Crippen molar-refractivity contribution < 1.29 is 19.4 Å². The second-order valence-corrected chi connectivity index (χ2v) is 5.20. The summed E-state index contributed by atoms with van der Waals surface area (Å²) in [6.07, 6.45) is 0. The molecule has 104 valence electrons. The molecule has 0 heterocycles. The maximum absolute atomic E-state index is 11.0. The summed E-state index contributed by atoms with van der Waals surface area (Å²) >= 11 is 2.21. The van der Waals surface area contributed by atoms with Crippen molar-refractivity contribution in [3.8, 4) is 11.5 Å². The number of benzene rings is 2. The zero-order chi connectivity index (χ0) is 14.4. The molecule has 0 spiro atoms. The summed E-state index contributed by atoms with van der Waals surface area (Å²) in [6.45, 7) is 0.643. The number of halogens is 1. The van der Waals surface area contributed by atoms with E-state index >= 15 is 0 Å². The van der Waals surface area contributed by atoms with Crippen LogP contribution in [0.2, 0.25) is 0 Å². The van der Waals surface area contributed by atoms with Crippen LogP contribution in [0.15, 0.2) is 48.5 Å². The van der Waals surface area contributed by atoms with Crippen molar-refractivity contribution in [1.82, 2.24) is 0 Å². The normalized spacial score (nSPS) is 10.1. The van der Waals surface area contributed by atoms with Crippen molar-refractivity contribution in [1.29, 1.82) is 0 Å². The summed E-state index contributed by atoms with van der Waals surface area (Å²) in [6, 6.07) is 14.2. The van der Waals surface area contributed by atoms with Crippen molar-refractivity contribution in [3.63, 3.8) is 0 Å². The lowest BCUT2D eigenvalue weighted by atomic mass is 10.2. The van der Waals surface area contributed by atoms with Gasteiger partial charge in [-0.1, -0.05) is 18.2 Å². The van der Waals surface area contributed by atoms with Gasteiger partial charge in [0.15, 0.2) is 0 Å². The molecule has 1 N–H and O–H groups in total. The van der Waals surface area contributed by atoms with E-state index in [-0.39, 0.29) is 12.2 Å². The summed E-state index contributed by atoms with van der Waals surface area (Å²) in [7, 11) is 0. The summed E-state index contributed by atoms with van der Waals surface area (Å²) in [4.78, 5) is 11.0. The number of carboxylic acids is 1. The Morgan fingerprint density at radius 2 is 1.80 bits per heavy atom. The lowest BCUT2D eigenvalue weighted by molar-refractivity contribution is 0.0691. The van der Waals surface area contributed by atoms with E-state index in [1.54, 1.807) is 18.2 Å². The molecule has 2 rings (SSSR count). The fourth-order valence-corrected chi connectivity index (χ4v) is 2.15. The largest absolute Gasteiger partial charge is 0.490 e. The molecule has 2 aromatic carbocycles. The molecule has 0 aliphatic heterocycles. The van der Waals surface area contributed by atoms with Gasteiger partial charge in [0.2, 0.25) is 0 Å². The van der Waals surface area contributed by atoms with Crippen molar-refractivity contribution in [2.75, 3.05) is 13.2 Å². The summed E-state index contributed by atoms with van der Waals surface area (Å²) in [5.74, 6) is 0.123. The number of hydrogen-bond donors (Lipinski definition) is 1. The Morgan fingerprint density at radius 3 is 2.55 bits per heavy atom. The van der Waals surface area contributed by atoms with Crippen LogP contribution in [0.4, 0.5) is 0 Å². The van der Waals surface area contributed by atoms with Gasteiger partial charge >= 0.3 is 5.97 Å². The number of rotatable bonds is 6. The van der Waals surface area contributed by atoms with Crippen LogP contribution >= 0.6 is 22.6 Å². The molecule has 0 saturated heterocycles. The van der Waals surface area contributed by atoms with Crippen molar-refractivity contribution in [2.24, 2.45) is 0 Å². The van der Waals surface area contributed by atoms with Crippen LogP contribution in [0, 0.1) is 3.57 Å². The molecule has 2 aromatic rings. The molecule has 0 atom stereocenters. The highest BCUT2D eigenvalue weighted by atomic mass is 127. The van der Waals surface area contributed by atoms with Gasteiger partial charge in [0, 0.05) is 3.57 Å². The van der Waals surface area contributed by atoms with Gasteiger partial charge in [-0.05, 0) is 52.9 Å². The maximum Gasteiger partial charge on any atom is 0.339 e. The van der Waals surface area contributed by atoms with E-state index in [1.807, 2.05) is 24.3 Å². The first-order valence-corrected chi connectivity index (χ1v) is 7.08. The number of hydrogen-bond acceptors (Lipinski definition) is 3. The molecule has 0 aliphatic rings. The van der Waals surface area contributed by atoms with Crippen LogP contribution in [0.1, 0.15) is 10.4 Å². The first-order chi connectivity index (χ1) is 9.66. The standard InChI is InChI=1S/C15H13IO4/c16-11-4-3-5-12(10-11)19-8-9-20-14-7-2-1-6-13(14)15(17)18/h1-7,10H,8-9H2,(H,17,18). The summed E-state index contributed by atoms with van der Waals surface area (Å²) < 4.78 is 12.1. The molecule has 5 heteroatoms. The minimum atomic E-state index is -1.00. The predicted octanol–water partition coefficient (Wildman–Crippen LogP) is 3.45. The molecular formula is C15H13IO4. The number of aromatic carboxylic acids is 1. The highest BCUT2D eigenvalue weighted by Crippen LogP contribution is 2.18. The van der Waals surface area contributed by atoms with E-state index in [2.05, 4.69) is 22.6 Å². The Bertz CT molecular complexity index is 598. The van der Waals surface area contributed by atoms with Crippen molar-refractivity contribution in [3.05, 3.63) is 57.7 Å². The predicted molar refractivity (Wildman–Crippen MR) is 83.6 cm³/mol. The second-order valence-electron chi connectivity index (χ2n) is 3.96. The average Bonchev–Trinajstić information content (AvgIpc) is 2.44. The van der Waals surface area contributed by atoms with Gasteiger partial charge in [-0.25, -0.2) is 4.79 Å². The Hall–Kier alpha value is -1.76. The molecule has 0 amide bonds. The minimum absolute atomic E-state index is 0.154. The highest BCUT2D eigenvalue weighted by Gasteiger charge is 2.09. The van der Waals surface area contributed by atoms with E-state index in [0.717, 1.165) is 9.32 Å². The molecule has 0 radical (unpaired) electrons. The topological polar surface area (TPSA) is 55.8 Å². The van der Waals surface area contributed by atoms with Crippen molar-refractivity contribution >= 4 is 28.6 Å². The van der Waals surface area contributed by atoms with Gasteiger partial charge < -0.3 is 14.6 Å². The molecule has 0 aliphatic carbocycles. The van der Waals surface area contributed by atoms with Crippen LogP contribution in [-0.4, -0.2) is 24.3 Å². The molecule has 0 bridgehead atoms. The van der Waals surface area contributed by atoms with Gasteiger partial charge in [0.1, 0.15) is 30.3 Å². The van der Waals surface area contributed by atoms with Crippen LogP contribution < -0.4 is 9.47 Å². The van der Waals surface area contributed by atoms with Crippen LogP contribution in [0.3, 0.4) is 0 Å². The third kappa shape index (κ3) is 4.12. The Labute approximate surface area is 130 Å².